The molecule has 4 rings (SSSR count). The predicted molar refractivity (Wildman–Crippen MR) is 126 cm³/mol. The number of oxazole rings is 1. The Bertz CT molecular complexity index is 1430. The second-order valence-electron chi connectivity index (χ2n) is 8.65. The van der Waals surface area contributed by atoms with Gasteiger partial charge in [-0.05, 0) is 52.3 Å². The summed E-state index contributed by atoms with van der Waals surface area (Å²) in [7, 11) is 1.60. The highest BCUT2D eigenvalue weighted by Gasteiger charge is 2.30. The summed E-state index contributed by atoms with van der Waals surface area (Å²) in [6.45, 7) is 9.05. The van der Waals surface area contributed by atoms with Crippen molar-refractivity contribution in [2.45, 2.75) is 40.2 Å². The van der Waals surface area contributed by atoms with Crippen LogP contribution in [0.4, 0.5) is 0 Å². The molecular formula is C24H27N5O5. The Morgan fingerprint density at radius 3 is 2.74 bits per heavy atom. The number of ether oxygens (including phenoxy) is 1. The molecule has 10 heteroatoms. The van der Waals surface area contributed by atoms with E-state index in [9.17, 15) is 14.7 Å². The number of nitrogens with one attached hydrogen (secondary N) is 2. The second kappa shape index (κ2) is 8.45. The van der Waals surface area contributed by atoms with Crippen molar-refractivity contribution in [2.24, 2.45) is 7.05 Å². The van der Waals surface area contributed by atoms with E-state index < -0.39 is 5.60 Å². The normalized spacial score (nSPS) is 11.7. The van der Waals surface area contributed by atoms with E-state index in [4.69, 9.17) is 9.15 Å². The SMILES string of the molecule is CCNC(=O)c1cc2c(-c3oc(C(C)(C)O)nc3Oc3c(C)ccnc3C)cn(C)c(=O)c2[nH]1. The molecule has 178 valence electrons. The van der Waals surface area contributed by atoms with E-state index in [1.54, 1.807) is 39.4 Å². The number of aryl methyl sites for hydroxylation is 3. The number of carbonyl (C=O) groups is 1. The maximum atomic E-state index is 12.8. The first-order valence-electron chi connectivity index (χ1n) is 10.9. The number of fused-ring (bicyclic) bond motifs is 1. The second-order valence-corrected chi connectivity index (χ2v) is 8.65. The lowest BCUT2D eigenvalue weighted by atomic mass is 10.1. The van der Waals surface area contributed by atoms with Crippen molar-refractivity contribution >= 4 is 16.8 Å². The van der Waals surface area contributed by atoms with Crippen molar-refractivity contribution in [1.29, 1.82) is 0 Å². The van der Waals surface area contributed by atoms with Gasteiger partial charge in [-0.15, -0.1) is 0 Å². The third-order valence-electron chi connectivity index (χ3n) is 5.39. The standard InChI is InChI=1S/C24H27N5O5/c1-7-25-20(30)16-10-14-15(11-29(6)22(31)17(14)27-16)19-21(28-23(34-19)24(4,5)32)33-18-12(2)8-9-26-13(18)3/h8-11,27,32H,7H2,1-6H3,(H,25,30). The van der Waals surface area contributed by atoms with Gasteiger partial charge >= 0.3 is 0 Å². The zero-order valence-corrected chi connectivity index (χ0v) is 19.9. The quantitative estimate of drug-likeness (QED) is 0.397. The molecule has 1 amide bonds. The van der Waals surface area contributed by atoms with Crippen LogP contribution in [0, 0.1) is 13.8 Å². The summed E-state index contributed by atoms with van der Waals surface area (Å²) in [5.74, 6) is 0.536. The van der Waals surface area contributed by atoms with E-state index in [-0.39, 0.29) is 40.2 Å². The van der Waals surface area contributed by atoms with E-state index >= 15 is 0 Å². The number of amides is 1. The largest absolute Gasteiger partial charge is 0.434 e. The summed E-state index contributed by atoms with van der Waals surface area (Å²) in [5.41, 5.74) is 0.757. The topological polar surface area (TPSA) is 135 Å². The molecule has 0 radical (unpaired) electrons. The van der Waals surface area contributed by atoms with E-state index in [2.05, 4.69) is 20.3 Å². The summed E-state index contributed by atoms with van der Waals surface area (Å²) < 4.78 is 13.5. The van der Waals surface area contributed by atoms with E-state index in [1.165, 1.54) is 4.57 Å². The van der Waals surface area contributed by atoms with Crippen molar-refractivity contribution in [3.05, 3.63) is 57.7 Å². The predicted octanol–water partition coefficient (Wildman–Crippen LogP) is 3.30. The van der Waals surface area contributed by atoms with Gasteiger partial charge < -0.3 is 29.1 Å². The number of H-pyrrole nitrogens is 1. The molecule has 0 spiro atoms. The first kappa shape index (κ1) is 23.2. The third kappa shape index (κ3) is 4.08. The minimum absolute atomic E-state index is 0.0400. The van der Waals surface area contributed by atoms with E-state index in [0.717, 1.165) is 5.56 Å². The molecule has 0 aliphatic heterocycles. The minimum atomic E-state index is -1.39. The molecule has 3 N–H and O–H groups in total. The number of carbonyl (C=O) groups excluding carboxylic acids is 1. The molecule has 4 aromatic rings. The van der Waals surface area contributed by atoms with Crippen LogP contribution in [0.3, 0.4) is 0 Å². The van der Waals surface area contributed by atoms with Crippen LogP contribution in [-0.2, 0) is 12.6 Å². The lowest BCUT2D eigenvalue weighted by Gasteiger charge is -2.11. The minimum Gasteiger partial charge on any atom is -0.434 e. The molecule has 0 saturated carbocycles. The molecule has 4 heterocycles. The van der Waals surface area contributed by atoms with Gasteiger partial charge in [-0.25, -0.2) is 0 Å². The van der Waals surface area contributed by atoms with Crippen LogP contribution in [-0.4, -0.2) is 37.1 Å². The van der Waals surface area contributed by atoms with Gasteiger partial charge in [0.25, 0.3) is 17.3 Å². The van der Waals surface area contributed by atoms with Crippen LogP contribution in [0.5, 0.6) is 11.6 Å². The van der Waals surface area contributed by atoms with Crippen molar-refractivity contribution in [1.82, 2.24) is 24.8 Å². The number of aromatic nitrogens is 4. The average molecular weight is 466 g/mol. The maximum absolute atomic E-state index is 12.8. The molecule has 0 aliphatic carbocycles. The van der Waals surface area contributed by atoms with Gasteiger partial charge in [-0.2, -0.15) is 4.98 Å². The lowest BCUT2D eigenvalue weighted by molar-refractivity contribution is 0.0489. The zero-order valence-electron chi connectivity index (χ0n) is 19.9. The van der Waals surface area contributed by atoms with Crippen LogP contribution in [0.1, 0.15) is 48.4 Å². The molecule has 0 saturated heterocycles. The van der Waals surface area contributed by atoms with Gasteiger partial charge in [-0.1, -0.05) is 0 Å². The number of aliphatic hydroxyl groups is 1. The fourth-order valence-corrected chi connectivity index (χ4v) is 3.63. The molecule has 4 aromatic heterocycles. The highest BCUT2D eigenvalue weighted by Crippen LogP contribution is 2.40. The number of hydrogen-bond acceptors (Lipinski definition) is 7. The Balaban J connectivity index is 1.97. The summed E-state index contributed by atoms with van der Waals surface area (Å²) in [6, 6.07) is 3.40. The van der Waals surface area contributed by atoms with Gasteiger partial charge in [-0.3, -0.25) is 14.6 Å². The number of aromatic amines is 1. The Kier molecular flexibility index (Phi) is 5.78. The van der Waals surface area contributed by atoms with Crippen molar-refractivity contribution in [2.75, 3.05) is 6.54 Å². The molecule has 0 unspecified atom stereocenters. The number of pyridine rings is 2. The summed E-state index contributed by atoms with van der Waals surface area (Å²) in [6.07, 6.45) is 3.27. The van der Waals surface area contributed by atoms with Gasteiger partial charge in [0, 0.05) is 36.9 Å². The monoisotopic (exact) mass is 465 g/mol. The molecule has 0 atom stereocenters. The molecule has 0 bridgehead atoms. The molecular weight excluding hydrogens is 438 g/mol. The van der Waals surface area contributed by atoms with Crippen LogP contribution < -0.4 is 15.6 Å². The van der Waals surface area contributed by atoms with Gasteiger partial charge in [0.05, 0.1) is 5.69 Å². The highest BCUT2D eigenvalue weighted by molar-refractivity contribution is 6.02. The lowest BCUT2D eigenvalue weighted by Crippen LogP contribution is -2.23. The van der Waals surface area contributed by atoms with Gasteiger partial charge in [0.1, 0.15) is 16.8 Å². The third-order valence-corrected chi connectivity index (χ3v) is 5.39. The van der Waals surface area contributed by atoms with Crippen molar-refractivity contribution < 1.29 is 19.1 Å². The molecule has 34 heavy (non-hydrogen) atoms. The van der Waals surface area contributed by atoms with Crippen LogP contribution >= 0.6 is 0 Å². The van der Waals surface area contributed by atoms with Crippen molar-refractivity contribution in [3.8, 4) is 23.0 Å². The fraction of sp³-hybridized carbons (Fsp3) is 0.333. The molecule has 0 aromatic carbocycles. The fourth-order valence-electron chi connectivity index (χ4n) is 3.63. The number of nitrogens with zero attached hydrogens (tertiary/aromatic N) is 3. The molecule has 0 fully saturated rings. The van der Waals surface area contributed by atoms with Gasteiger partial charge in [0.2, 0.25) is 11.7 Å². The van der Waals surface area contributed by atoms with Crippen LogP contribution in [0.15, 0.2) is 33.7 Å². The first-order valence-corrected chi connectivity index (χ1v) is 10.9. The van der Waals surface area contributed by atoms with E-state index in [0.29, 0.717) is 28.9 Å². The van der Waals surface area contributed by atoms with E-state index in [1.807, 2.05) is 26.8 Å². The molecule has 0 aliphatic rings. The summed E-state index contributed by atoms with van der Waals surface area (Å²) >= 11 is 0. The average Bonchev–Trinajstić information content (AvgIpc) is 3.39. The summed E-state index contributed by atoms with van der Waals surface area (Å²) in [4.78, 5) is 36.9. The highest BCUT2D eigenvalue weighted by atomic mass is 16.5. The van der Waals surface area contributed by atoms with Gasteiger partial charge in [0.15, 0.2) is 5.75 Å². The number of rotatable bonds is 6. The smallest absolute Gasteiger partial charge is 0.274 e. The first-order chi connectivity index (χ1) is 16.0. The summed E-state index contributed by atoms with van der Waals surface area (Å²) in [5, 5.41) is 13.7. The molecule has 10 nitrogen and oxygen atoms in total. The zero-order chi connectivity index (χ0) is 24.8. The Hall–Kier alpha value is -3.92. The maximum Gasteiger partial charge on any atom is 0.274 e. The Labute approximate surface area is 195 Å². The van der Waals surface area contributed by atoms with Crippen LogP contribution in [0.25, 0.3) is 22.2 Å². The van der Waals surface area contributed by atoms with Crippen LogP contribution in [0.2, 0.25) is 0 Å². The number of hydrogen-bond donors (Lipinski definition) is 3. The van der Waals surface area contributed by atoms with Crippen molar-refractivity contribution in [3.63, 3.8) is 0 Å². The Morgan fingerprint density at radius 2 is 2.09 bits per heavy atom. The Morgan fingerprint density at radius 1 is 1.35 bits per heavy atom.